The molecule has 0 unspecified atom stereocenters. The first-order valence-corrected chi connectivity index (χ1v) is 7.65. The van der Waals surface area contributed by atoms with Crippen molar-refractivity contribution in [1.82, 2.24) is 4.98 Å². The van der Waals surface area contributed by atoms with Gasteiger partial charge in [0, 0.05) is 31.3 Å². The fourth-order valence-electron chi connectivity index (χ4n) is 3.38. The van der Waals surface area contributed by atoms with Gasteiger partial charge in [-0.05, 0) is 24.6 Å². The van der Waals surface area contributed by atoms with Gasteiger partial charge in [0.2, 0.25) is 0 Å². The van der Waals surface area contributed by atoms with Crippen molar-refractivity contribution in [3.63, 3.8) is 0 Å². The van der Waals surface area contributed by atoms with Gasteiger partial charge in [-0.3, -0.25) is 0 Å². The third-order valence-electron chi connectivity index (χ3n) is 4.53. The van der Waals surface area contributed by atoms with Gasteiger partial charge in [0.25, 0.3) is 0 Å². The predicted molar refractivity (Wildman–Crippen MR) is 82.6 cm³/mol. The van der Waals surface area contributed by atoms with Crippen LogP contribution in [0.4, 0.5) is 5.82 Å². The number of aromatic nitrogens is 1. The van der Waals surface area contributed by atoms with E-state index in [1.165, 1.54) is 10.9 Å². The summed E-state index contributed by atoms with van der Waals surface area (Å²) in [6.07, 6.45) is 1.84. The van der Waals surface area contributed by atoms with Gasteiger partial charge < -0.3 is 14.4 Å². The maximum Gasteiger partial charge on any atom is 0.171 e. The van der Waals surface area contributed by atoms with Gasteiger partial charge in [-0.2, -0.15) is 0 Å². The second-order valence-corrected chi connectivity index (χ2v) is 5.92. The molecule has 0 aliphatic carbocycles. The van der Waals surface area contributed by atoms with E-state index in [9.17, 15) is 0 Å². The van der Waals surface area contributed by atoms with Crippen molar-refractivity contribution in [2.24, 2.45) is 0 Å². The van der Waals surface area contributed by atoms with E-state index >= 15 is 0 Å². The maximum atomic E-state index is 5.80. The van der Waals surface area contributed by atoms with Crippen LogP contribution in [-0.4, -0.2) is 37.1 Å². The first-order chi connectivity index (χ1) is 10.3. The lowest BCUT2D eigenvalue weighted by Crippen LogP contribution is -2.45. The number of hydrogen-bond donors (Lipinski definition) is 0. The number of para-hydroxylation sites is 1. The number of hydrogen-bond acceptors (Lipinski definition) is 4. The summed E-state index contributed by atoms with van der Waals surface area (Å²) < 4.78 is 11.6. The molecule has 0 saturated carbocycles. The number of rotatable bonds is 1. The number of ether oxygens (including phenoxy) is 2. The molecule has 0 bridgehead atoms. The van der Waals surface area contributed by atoms with E-state index in [0.29, 0.717) is 0 Å². The molecule has 0 N–H and O–H groups in total. The van der Waals surface area contributed by atoms with Crippen LogP contribution in [0.2, 0.25) is 0 Å². The minimum atomic E-state index is -0.318. The van der Waals surface area contributed by atoms with Crippen molar-refractivity contribution < 1.29 is 9.47 Å². The van der Waals surface area contributed by atoms with Crippen molar-refractivity contribution >= 4 is 16.7 Å². The van der Waals surface area contributed by atoms with E-state index < -0.39 is 0 Å². The lowest BCUT2D eigenvalue weighted by atomic mass is 10.0. The first kappa shape index (κ1) is 13.0. The molecule has 21 heavy (non-hydrogen) atoms. The topological polar surface area (TPSA) is 34.6 Å². The monoisotopic (exact) mass is 284 g/mol. The van der Waals surface area contributed by atoms with Crippen LogP contribution in [0, 0.1) is 6.92 Å². The summed E-state index contributed by atoms with van der Waals surface area (Å²) in [6, 6.07) is 10.5. The average Bonchev–Trinajstić information content (AvgIpc) is 2.96. The molecule has 4 rings (SSSR count). The summed E-state index contributed by atoms with van der Waals surface area (Å²) in [7, 11) is 0. The number of pyridine rings is 1. The molecule has 2 aliphatic rings. The Balaban J connectivity index is 1.60. The molecule has 0 amide bonds. The van der Waals surface area contributed by atoms with E-state index in [2.05, 4.69) is 36.1 Å². The summed E-state index contributed by atoms with van der Waals surface area (Å²) in [4.78, 5) is 7.22. The first-order valence-electron chi connectivity index (χ1n) is 7.65. The van der Waals surface area contributed by atoms with Gasteiger partial charge >= 0.3 is 0 Å². The molecule has 2 fully saturated rings. The minimum absolute atomic E-state index is 0.318. The number of nitrogens with zero attached hydrogens (tertiary/aromatic N) is 2. The zero-order valence-corrected chi connectivity index (χ0v) is 12.3. The molecule has 2 aromatic rings. The summed E-state index contributed by atoms with van der Waals surface area (Å²) in [5.74, 6) is 0.780. The Bertz CT molecular complexity index is 655. The Morgan fingerprint density at radius 2 is 1.81 bits per heavy atom. The summed E-state index contributed by atoms with van der Waals surface area (Å²) in [5, 5.41) is 1.20. The molecule has 1 aromatic carbocycles. The highest BCUT2D eigenvalue weighted by Gasteiger charge is 2.40. The highest BCUT2D eigenvalue weighted by molar-refractivity contribution is 5.81. The molecule has 2 saturated heterocycles. The average molecular weight is 284 g/mol. The van der Waals surface area contributed by atoms with Gasteiger partial charge in [-0.15, -0.1) is 0 Å². The highest BCUT2D eigenvalue weighted by Crippen LogP contribution is 2.34. The zero-order chi connectivity index (χ0) is 14.3. The van der Waals surface area contributed by atoms with Crippen molar-refractivity contribution in [1.29, 1.82) is 0 Å². The Hall–Kier alpha value is -1.65. The number of fused-ring (bicyclic) bond motifs is 1. The molecule has 2 aliphatic heterocycles. The SMILES string of the molecule is Cc1cc2ccccc2nc1N1CCC2(CC1)OCCO2. The number of benzene rings is 1. The van der Waals surface area contributed by atoms with Crippen LogP contribution in [0.15, 0.2) is 30.3 Å². The third-order valence-corrected chi connectivity index (χ3v) is 4.53. The van der Waals surface area contributed by atoms with Crippen LogP contribution in [0.5, 0.6) is 0 Å². The Morgan fingerprint density at radius 3 is 2.57 bits per heavy atom. The lowest BCUT2D eigenvalue weighted by molar-refractivity contribution is -0.169. The van der Waals surface area contributed by atoms with Gasteiger partial charge in [0.1, 0.15) is 5.82 Å². The molecule has 4 heteroatoms. The van der Waals surface area contributed by atoms with Gasteiger partial charge in [-0.1, -0.05) is 18.2 Å². The van der Waals surface area contributed by atoms with E-state index in [0.717, 1.165) is 50.5 Å². The fourth-order valence-corrected chi connectivity index (χ4v) is 3.38. The van der Waals surface area contributed by atoms with Crippen LogP contribution in [0.3, 0.4) is 0 Å². The molecule has 3 heterocycles. The van der Waals surface area contributed by atoms with E-state index in [-0.39, 0.29) is 5.79 Å². The molecule has 0 atom stereocenters. The molecule has 1 spiro atoms. The quantitative estimate of drug-likeness (QED) is 0.806. The number of piperidine rings is 1. The van der Waals surface area contributed by atoms with Crippen molar-refractivity contribution in [2.45, 2.75) is 25.6 Å². The van der Waals surface area contributed by atoms with Crippen molar-refractivity contribution in [3.05, 3.63) is 35.9 Å². The van der Waals surface area contributed by atoms with Crippen LogP contribution < -0.4 is 4.90 Å². The van der Waals surface area contributed by atoms with E-state index in [1.807, 2.05) is 6.07 Å². The molecule has 1 aromatic heterocycles. The molecule has 110 valence electrons. The largest absolute Gasteiger partial charge is 0.356 e. The van der Waals surface area contributed by atoms with Crippen LogP contribution in [-0.2, 0) is 9.47 Å². The van der Waals surface area contributed by atoms with Crippen LogP contribution in [0.1, 0.15) is 18.4 Å². The smallest absolute Gasteiger partial charge is 0.171 e. The third kappa shape index (κ3) is 2.28. The molecule has 4 nitrogen and oxygen atoms in total. The van der Waals surface area contributed by atoms with E-state index in [1.54, 1.807) is 0 Å². The molecular formula is C17H20N2O2. The summed E-state index contributed by atoms with van der Waals surface area (Å²) in [6.45, 7) is 5.47. The number of anilines is 1. The van der Waals surface area contributed by atoms with Crippen LogP contribution >= 0.6 is 0 Å². The second-order valence-electron chi connectivity index (χ2n) is 5.92. The van der Waals surface area contributed by atoms with E-state index in [4.69, 9.17) is 14.5 Å². The van der Waals surface area contributed by atoms with Crippen molar-refractivity contribution in [2.75, 3.05) is 31.2 Å². The Kier molecular flexibility index (Phi) is 3.08. The Morgan fingerprint density at radius 1 is 1.10 bits per heavy atom. The van der Waals surface area contributed by atoms with Gasteiger partial charge in [-0.25, -0.2) is 4.98 Å². The van der Waals surface area contributed by atoms with Crippen LogP contribution in [0.25, 0.3) is 10.9 Å². The minimum Gasteiger partial charge on any atom is -0.356 e. The van der Waals surface area contributed by atoms with Gasteiger partial charge in [0.05, 0.1) is 18.7 Å². The second kappa shape index (κ2) is 4.97. The fraction of sp³-hybridized carbons (Fsp3) is 0.471. The standard InChI is InChI=1S/C17H20N2O2/c1-13-12-14-4-2-3-5-15(14)18-16(13)19-8-6-17(7-9-19)20-10-11-21-17/h2-5,12H,6-11H2,1H3. The predicted octanol–water partition coefficient (Wildman–Crippen LogP) is 2.89. The lowest BCUT2D eigenvalue weighted by Gasteiger charge is -2.38. The molecule has 0 radical (unpaired) electrons. The van der Waals surface area contributed by atoms with Crippen molar-refractivity contribution in [3.8, 4) is 0 Å². The normalized spacial score (nSPS) is 21.3. The van der Waals surface area contributed by atoms with Gasteiger partial charge in [0.15, 0.2) is 5.79 Å². The zero-order valence-electron chi connectivity index (χ0n) is 12.3. The summed E-state index contributed by atoms with van der Waals surface area (Å²) >= 11 is 0. The summed E-state index contributed by atoms with van der Waals surface area (Å²) in [5.41, 5.74) is 2.30. The molecular weight excluding hydrogens is 264 g/mol. The highest BCUT2D eigenvalue weighted by atomic mass is 16.7. The maximum absolute atomic E-state index is 5.80. The Labute approximate surface area is 124 Å². The number of aryl methyl sites for hydroxylation is 1.